The lowest BCUT2D eigenvalue weighted by atomic mass is 9.88. The van der Waals surface area contributed by atoms with E-state index in [1.807, 2.05) is 129 Å². The monoisotopic (exact) mass is 844 g/mol. The number of rotatable bonds is 9. The fourth-order valence-electron chi connectivity index (χ4n) is 8.31. The van der Waals surface area contributed by atoms with Gasteiger partial charge in [0.1, 0.15) is 17.1 Å². The maximum Gasteiger partial charge on any atom is 0.261 e. The Morgan fingerprint density at radius 1 is 0.698 bits per heavy atom. The van der Waals surface area contributed by atoms with Crippen LogP contribution in [0.25, 0.3) is 33.5 Å². The van der Waals surface area contributed by atoms with Crippen LogP contribution in [0, 0.1) is 5.92 Å². The van der Waals surface area contributed by atoms with Gasteiger partial charge in [-0.05, 0) is 82.3 Å². The molecule has 0 bridgehead atoms. The Hall–Kier alpha value is -7.96. The number of phenolic OH excluding ortho intramolecular Hbond substituents is 2. The third kappa shape index (κ3) is 7.05. The van der Waals surface area contributed by atoms with Crippen molar-refractivity contribution in [2.24, 2.45) is 26.4 Å². The molecular weight excluding hydrogens is 809 g/mol. The average Bonchev–Trinajstić information content (AvgIpc) is 3.94. The first-order valence-corrected chi connectivity index (χ1v) is 21.2. The number of carbonyl (C=O) groups excluding carboxylic acids is 3. The second-order valence-corrected chi connectivity index (χ2v) is 16.8. The van der Waals surface area contributed by atoms with Crippen molar-refractivity contribution in [2.45, 2.75) is 25.7 Å². The molecule has 10 rings (SSSR count). The molecular formula is C51H36N6O5S. The van der Waals surface area contributed by atoms with Gasteiger partial charge in [-0.25, -0.2) is 4.98 Å². The molecule has 11 nitrogen and oxygen atoms in total. The Bertz CT molecular complexity index is 3180. The van der Waals surface area contributed by atoms with E-state index in [1.165, 1.54) is 11.3 Å². The summed E-state index contributed by atoms with van der Waals surface area (Å²) in [5.74, 6) is -2.09. The van der Waals surface area contributed by atoms with Crippen molar-refractivity contribution in [1.82, 2.24) is 4.98 Å². The minimum absolute atomic E-state index is 0.0178. The quantitative estimate of drug-likeness (QED) is 0.0966. The molecule has 0 spiro atoms. The van der Waals surface area contributed by atoms with Gasteiger partial charge in [0, 0.05) is 22.6 Å². The standard InChI is InChI=1S/C51H36N6O5S/c1-27(2)36-25-38-42(33-10-4-6-12-35(33)46(38)58)44(48(36)60)56-54-30-21-17-28(18-22-30)15-16-29-19-23-31(24-20-29)55-57-45-43-37(32-9-3-5-11-34(32)47(43)59)26-39(49(45)61)50(62)53-51-52-40-13-7-8-14-41(40)63-51/h3-27,32,34,60-61H,1-2H3,(H,52,53,62)/b16-15+,56-54?,57-55?. The van der Waals surface area contributed by atoms with Crippen LogP contribution < -0.4 is 5.32 Å². The Balaban J connectivity index is 0.871. The number of hydrogen-bond acceptors (Lipinski definition) is 11. The highest BCUT2D eigenvalue weighted by atomic mass is 32.1. The second kappa shape index (κ2) is 15.8. The van der Waals surface area contributed by atoms with E-state index in [0.717, 1.165) is 26.9 Å². The van der Waals surface area contributed by atoms with Crippen molar-refractivity contribution in [3.8, 4) is 22.6 Å². The van der Waals surface area contributed by atoms with Crippen LogP contribution in [0.4, 0.5) is 27.9 Å². The maximum absolute atomic E-state index is 13.7. The van der Waals surface area contributed by atoms with Gasteiger partial charge in [0.2, 0.25) is 0 Å². The number of thiazole rings is 1. The number of Topliss-reactive ketones (excluding diaryl/α,β-unsaturated/α-hetero) is 1. The second-order valence-electron chi connectivity index (χ2n) is 15.7. The molecule has 2 unspecified atom stereocenters. The number of fused-ring (bicyclic) bond motifs is 7. The molecule has 0 saturated heterocycles. The van der Waals surface area contributed by atoms with Gasteiger partial charge in [-0.15, -0.1) is 10.2 Å². The largest absolute Gasteiger partial charge is 0.505 e. The van der Waals surface area contributed by atoms with Gasteiger partial charge < -0.3 is 10.2 Å². The number of azo groups is 2. The van der Waals surface area contributed by atoms with Crippen molar-refractivity contribution >= 4 is 79.1 Å². The smallest absolute Gasteiger partial charge is 0.261 e. The van der Waals surface area contributed by atoms with E-state index < -0.39 is 17.6 Å². The lowest BCUT2D eigenvalue weighted by Gasteiger charge is -2.15. The molecule has 1 aromatic heterocycles. The van der Waals surface area contributed by atoms with Crippen LogP contribution in [0.15, 0.2) is 154 Å². The van der Waals surface area contributed by atoms with Gasteiger partial charge in [-0.2, -0.15) is 10.2 Å². The van der Waals surface area contributed by atoms with E-state index >= 15 is 0 Å². The molecule has 306 valence electrons. The Morgan fingerprint density at radius 2 is 1.30 bits per heavy atom. The van der Waals surface area contributed by atoms with Crippen LogP contribution in [0.3, 0.4) is 0 Å². The van der Waals surface area contributed by atoms with E-state index in [9.17, 15) is 24.6 Å². The number of allylic oxidation sites excluding steroid dienone is 4. The summed E-state index contributed by atoms with van der Waals surface area (Å²) >= 11 is 1.32. The molecule has 7 aromatic rings. The van der Waals surface area contributed by atoms with Gasteiger partial charge in [0.25, 0.3) is 5.91 Å². The fraction of sp³-hybridized carbons (Fsp3) is 0.0980. The Labute approximate surface area is 365 Å². The summed E-state index contributed by atoms with van der Waals surface area (Å²) in [5.41, 5.74) is 7.70. The first kappa shape index (κ1) is 39.2. The van der Waals surface area contributed by atoms with Crippen LogP contribution >= 0.6 is 11.3 Å². The van der Waals surface area contributed by atoms with Gasteiger partial charge in [0.15, 0.2) is 22.4 Å². The number of aromatic hydroxyl groups is 2. The van der Waals surface area contributed by atoms with Crippen molar-refractivity contribution < 1.29 is 24.6 Å². The lowest BCUT2D eigenvalue weighted by Crippen LogP contribution is -2.13. The number of phenols is 2. The summed E-state index contributed by atoms with van der Waals surface area (Å²) in [6, 6.07) is 33.0. The third-order valence-corrected chi connectivity index (χ3v) is 12.5. The number of hydrogen-bond donors (Lipinski definition) is 3. The summed E-state index contributed by atoms with van der Waals surface area (Å²) in [7, 11) is 0. The fourth-order valence-corrected chi connectivity index (χ4v) is 9.17. The number of carbonyl (C=O) groups is 3. The van der Waals surface area contributed by atoms with Crippen LogP contribution in [0.2, 0.25) is 0 Å². The molecule has 2 atom stereocenters. The number of benzene rings is 6. The summed E-state index contributed by atoms with van der Waals surface area (Å²) in [4.78, 5) is 45.2. The highest BCUT2D eigenvalue weighted by molar-refractivity contribution is 7.22. The van der Waals surface area contributed by atoms with E-state index in [0.29, 0.717) is 44.3 Å². The van der Waals surface area contributed by atoms with Gasteiger partial charge >= 0.3 is 0 Å². The molecule has 3 N–H and O–H groups in total. The minimum Gasteiger partial charge on any atom is -0.505 e. The number of aromatic nitrogens is 1. The Morgan fingerprint density at radius 3 is 1.95 bits per heavy atom. The number of para-hydroxylation sites is 1. The third-order valence-electron chi connectivity index (χ3n) is 11.5. The highest BCUT2D eigenvalue weighted by Crippen LogP contribution is 2.51. The zero-order chi connectivity index (χ0) is 43.4. The summed E-state index contributed by atoms with van der Waals surface area (Å²) in [5, 5.41) is 43.8. The van der Waals surface area contributed by atoms with E-state index in [1.54, 1.807) is 30.3 Å². The van der Waals surface area contributed by atoms with Crippen LogP contribution in [0.1, 0.15) is 84.6 Å². The molecule has 0 saturated carbocycles. The normalized spacial score (nSPS) is 16.2. The predicted octanol–water partition coefficient (Wildman–Crippen LogP) is 13.3. The van der Waals surface area contributed by atoms with E-state index in [4.69, 9.17) is 0 Å². The maximum atomic E-state index is 13.7. The zero-order valence-electron chi connectivity index (χ0n) is 33.9. The number of ketones is 2. The molecule has 0 aliphatic heterocycles. The SMILES string of the molecule is CC(C)c1cc2c(c(N=Nc3ccc(/C=C/c4ccc(N=Nc5c(O)c(C(=O)Nc6nc7ccccc7s6)cc6c5C(=O)C5C=CC=CC65)cc4)cc3)c1O)-c1ccccc1C2=O. The summed E-state index contributed by atoms with van der Waals surface area (Å²) in [6.45, 7) is 3.92. The molecule has 63 heavy (non-hydrogen) atoms. The average molecular weight is 845 g/mol. The number of anilines is 1. The summed E-state index contributed by atoms with van der Waals surface area (Å²) in [6.07, 6.45) is 11.3. The molecule has 3 aliphatic rings. The minimum atomic E-state index is -0.576. The van der Waals surface area contributed by atoms with Gasteiger partial charge in [-0.3, -0.25) is 19.7 Å². The molecule has 0 fully saturated rings. The molecule has 12 heteroatoms. The number of nitrogens with zero attached hydrogens (tertiary/aromatic N) is 5. The molecule has 1 heterocycles. The molecule has 0 radical (unpaired) electrons. The predicted molar refractivity (Wildman–Crippen MR) is 246 cm³/mol. The van der Waals surface area contributed by atoms with E-state index in [-0.39, 0.29) is 51.7 Å². The summed E-state index contributed by atoms with van der Waals surface area (Å²) < 4.78 is 0.908. The van der Waals surface area contributed by atoms with Crippen molar-refractivity contribution in [1.29, 1.82) is 0 Å². The molecule has 3 aliphatic carbocycles. The van der Waals surface area contributed by atoms with Crippen molar-refractivity contribution in [3.05, 3.63) is 178 Å². The van der Waals surface area contributed by atoms with Crippen LogP contribution in [-0.2, 0) is 0 Å². The van der Waals surface area contributed by atoms with Crippen LogP contribution in [-0.4, -0.2) is 32.7 Å². The van der Waals surface area contributed by atoms with Gasteiger partial charge in [-0.1, -0.05) is 122 Å². The first-order valence-electron chi connectivity index (χ1n) is 20.3. The van der Waals surface area contributed by atoms with Crippen LogP contribution in [0.5, 0.6) is 11.5 Å². The number of amides is 1. The van der Waals surface area contributed by atoms with Gasteiger partial charge in [0.05, 0.1) is 38.6 Å². The Kier molecular flexibility index (Phi) is 9.84. The van der Waals surface area contributed by atoms with Crippen molar-refractivity contribution in [2.75, 3.05) is 5.32 Å². The first-order chi connectivity index (χ1) is 30.6. The van der Waals surface area contributed by atoms with Crippen molar-refractivity contribution in [3.63, 3.8) is 0 Å². The lowest BCUT2D eigenvalue weighted by molar-refractivity contribution is 0.0953. The zero-order valence-corrected chi connectivity index (χ0v) is 34.7. The number of nitrogens with one attached hydrogen (secondary N) is 1. The van der Waals surface area contributed by atoms with E-state index in [2.05, 4.69) is 30.8 Å². The highest BCUT2D eigenvalue weighted by Gasteiger charge is 2.42. The molecule has 6 aromatic carbocycles. The topological polar surface area (TPSA) is 166 Å². The molecule has 1 amide bonds.